The van der Waals surface area contributed by atoms with Crippen LogP contribution in [0.15, 0.2) is 122 Å². The maximum atomic E-state index is 12.7. The van der Waals surface area contributed by atoms with Crippen molar-refractivity contribution >= 4 is 56.9 Å². The lowest BCUT2D eigenvalue weighted by Crippen LogP contribution is -2.37. The lowest BCUT2D eigenvalue weighted by atomic mass is 10.0. The Kier molecular flexibility index (Phi) is 16.7. The molecule has 12 rings (SSSR count). The van der Waals surface area contributed by atoms with E-state index in [1.54, 1.807) is 24.3 Å². The van der Waals surface area contributed by atoms with E-state index in [0.29, 0.717) is 75.4 Å². The second kappa shape index (κ2) is 24.6. The molecule has 24 heteroatoms. The molecule has 4 aliphatic heterocycles. The van der Waals surface area contributed by atoms with Crippen molar-refractivity contribution < 1.29 is 45.4 Å². The third-order valence-electron chi connectivity index (χ3n) is 15.1. The molecule has 0 aliphatic carbocycles. The fraction of sp³-hybridized carbons (Fsp3) is 0.379. The van der Waals surface area contributed by atoms with E-state index in [2.05, 4.69) is 68.1 Å². The molecule has 4 fully saturated rings. The smallest absolute Gasteiger partial charge is 0.378 e. The quantitative estimate of drug-likeness (QED) is 0.111. The topological polar surface area (TPSA) is 177 Å². The third kappa shape index (κ3) is 13.1. The highest BCUT2D eigenvalue weighted by molar-refractivity contribution is 5.96. The number of hydrogen-bond acceptors (Lipinski definition) is 14. The predicted octanol–water partition coefficient (Wildman–Crippen LogP) is 9.34. The Morgan fingerprint density at radius 3 is 1.17 bits per heavy atom. The van der Waals surface area contributed by atoms with Gasteiger partial charge in [-0.05, 0) is 85.3 Å². The second-order valence-electron chi connectivity index (χ2n) is 20.6. The van der Waals surface area contributed by atoms with Gasteiger partial charge in [0.2, 0.25) is 0 Å². The largest absolute Gasteiger partial charge is 0.471 e. The van der Waals surface area contributed by atoms with Gasteiger partial charge in [0, 0.05) is 87.9 Å². The zero-order chi connectivity index (χ0) is 56.8. The Balaban J connectivity index is 0.000000172. The van der Waals surface area contributed by atoms with Crippen molar-refractivity contribution in [3.8, 4) is 22.8 Å². The minimum Gasteiger partial charge on any atom is -0.378 e. The summed E-state index contributed by atoms with van der Waals surface area (Å²) in [6, 6.07) is 33.4. The zero-order valence-electron chi connectivity index (χ0n) is 44.7. The summed E-state index contributed by atoms with van der Waals surface area (Å²) in [6.07, 6.45) is -2.53. The monoisotopic (exact) mass is 1130 g/mol. The minimum atomic E-state index is -4.96. The van der Waals surface area contributed by atoms with Crippen LogP contribution in [0.2, 0.25) is 0 Å². The number of carbonyl (C=O) groups excluding carboxylic acids is 2. The number of nitrogens with one attached hydrogen (secondary N) is 2. The van der Waals surface area contributed by atoms with Crippen LogP contribution in [-0.2, 0) is 32.2 Å². The van der Waals surface area contributed by atoms with Crippen molar-refractivity contribution in [2.45, 2.75) is 63.2 Å². The summed E-state index contributed by atoms with van der Waals surface area (Å²) in [7, 11) is 0. The summed E-state index contributed by atoms with van der Waals surface area (Å²) < 4.78 is 91.1. The van der Waals surface area contributed by atoms with E-state index in [4.69, 9.17) is 39.6 Å². The number of aromatic nitrogens is 8. The maximum absolute atomic E-state index is 12.7. The number of piperidine rings is 2. The predicted molar refractivity (Wildman–Crippen MR) is 297 cm³/mol. The summed E-state index contributed by atoms with van der Waals surface area (Å²) >= 11 is 0. The molecule has 4 aromatic heterocycles. The van der Waals surface area contributed by atoms with E-state index in [1.807, 2.05) is 44.5 Å². The van der Waals surface area contributed by atoms with Crippen LogP contribution in [-0.4, -0.2) is 152 Å². The standard InChI is InChI=1S/2C29H30F3N7O2/c2*30-29(31,32)28(40)34-22-8-6-21(7-9-22)25-35-26(38-14-16-41-17-15-38)24-18-33-39(27(24)36-25)23-10-12-37(13-11-23)19-20-4-2-1-3-5-20/h2*1-9,18,23H,10-17,19H2,(H,34,40). The van der Waals surface area contributed by atoms with Crippen molar-refractivity contribution in [2.24, 2.45) is 0 Å². The van der Waals surface area contributed by atoms with Crippen LogP contribution in [0.1, 0.15) is 48.9 Å². The van der Waals surface area contributed by atoms with Crippen LogP contribution in [0.3, 0.4) is 0 Å². The van der Waals surface area contributed by atoms with Gasteiger partial charge in [0.1, 0.15) is 11.6 Å². The highest BCUT2D eigenvalue weighted by Crippen LogP contribution is 2.35. The first-order valence-corrected chi connectivity index (χ1v) is 27.4. The van der Waals surface area contributed by atoms with Crippen molar-refractivity contribution in [1.29, 1.82) is 0 Å². The molecule has 0 unspecified atom stereocenters. The Labute approximate surface area is 468 Å². The van der Waals surface area contributed by atoms with Crippen molar-refractivity contribution in [2.75, 3.05) is 99.2 Å². The fourth-order valence-corrected chi connectivity index (χ4v) is 10.8. The first-order valence-electron chi connectivity index (χ1n) is 27.4. The first kappa shape index (κ1) is 55.8. The number of benzene rings is 4. The number of amides is 2. The number of anilines is 4. The van der Waals surface area contributed by atoms with E-state index >= 15 is 0 Å². The van der Waals surface area contributed by atoms with Gasteiger partial charge in [-0.15, -0.1) is 0 Å². The summed E-state index contributed by atoms with van der Waals surface area (Å²) in [5, 5.41) is 15.0. The molecule has 0 radical (unpaired) electrons. The van der Waals surface area contributed by atoms with Gasteiger partial charge in [-0.3, -0.25) is 19.4 Å². The molecule has 2 N–H and O–H groups in total. The third-order valence-corrected chi connectivity index (χ3v) is 15.1. The molecular weight excluding hydrogens is 1070 g/mol. The number of rotatable bonds is 12. The molecule has 0 atom stereocenters. The number of likely N-dealkylation sites (tertiary alicyclic amines) is 2. The van der Waals surface area contributed by atoms with E-state index < -0.39 is 24.2 Å². The Bertz CT molecular complexity index is 3220. The molecule has 18 nitrogen and oxygen atoms in total. The number of fused-ring (bicyclic) bond motifs is 2. The van der Waals surface area contributed by atoms with Gasteiger partial charge in [-0.2, -0.15) is 36.5 Å². The molecular formula is C58H60F6N14O4. The van der Waals surface area contributed by atoms with Crippen molar-refractivity contribution in [1.82, 2.24) is 49.3 Å². The molecule has 428 valence electrons. The number of hydrogen-bond donors (Lipinski definition) is 2. The summed E-state index contributed by atoms with van der Waals surface area (Å²) in [5.41, 5.74) is 5.38. The minimum absolute atomic E-state index is 0.0397. The number of halogens is 6. The number of morpholine rings is 2. The highest BCUT2D eigenvalue weighted by atomic mass is 19.4. The van der Waals surface area contributed by atoms with Crippen LogP contribution < -0.4 is 20.4 Å². The number of alkyl halides is 6. The Morgan fingerprint density at radius 2 is 0.829 bits per heavy atom. The van der Waals surface area contributed by atoms with Crippen LogP contribution >= 0.6 is 0 Å². The van der Waals surface area contributed by atoms with Crippen LogP contribution in [0.4, 0.5) is 49.4 Å². The molecule has 82 heavy (non-hydrogen) atoms. The van der Waals surface area contributed by atoms with Crippen LogP contribution in [0.25, 0.3) is 44.8 Å². The molecule has 0 bridgehead atoms. The Morgan fingerprint density at radius 1 is 0.476 bits per heavy atom. The normalized spacial score (nSPS) is 17.2. The van der Waals surface area contributed by atoms with Gasteiger partial charge < -0.3 is 29.9 Å². The van der Waals surface area contributed by atoms with Crippen LogP contribution in [0, 0.1) is 0 Å². The van der Waals surface area contributed by atoms with Crippen molar-refractivity contribution in [3.05, 3.63) is 133 Å². The van der Waals surface area contributed by atoms with Crippen molar-refractivity contribution in [3.63, 3.8) is 0 Å². The molecule has 2 amide bonds. The maximum Gasteiger partial charge on any atom is 0.471 e. The zero-order valence-corrected chi connectivity index (χ0v) is 44.7. The highest BCUT2D eigenvalue weighted by Gasteiger charge is 2.40. The summed E-state index contributed by atoms with van der Waals surface area (Å²) in [4.78, 5) is 51.4. The van der Waals surface area contributed by atoms with E-state index in [9.17, 15) is 35.9 Å². The van der Waals surface area contributed by atoms with E-state index in [-0.39, 0.29) is 23.5 Å². The van der Waals surface area contributed by atoms with Gasteiger partial charge in [0.05, 0.1) is 61.7 Å². The molecule has 4 aliphatic rings. The first-order chi connectivity index (χ1) is 39.7. The lowest BCUT2D eigenvalue weighted by molar-refractivity contribution is -0.167. The Hall–Kier alpha value is -8.06. The molecule has 4 aromatic carbocycles. The molecule has 0 saturated carbocycles. The molecule has 8 aromatic rings. The molecule has 4 saturated heterocycles. The van der Waals surface area contributed by atoms with Crippen LogP contribution in [0.5, 0.6) is 0 Å². The summed E-state index contributed by atoms with van der Waals surface area (Å²) in [6.45, 7) is 10.7. The average Bonchev–Trinajstić information content (AvgIpc) is 4.17. The van der Waals surface area contributed by atoms with Gasteiger partial charge >= 0.3 is 24.2 Å². The molecule has 8 heterocycles. The van der Waals surface area contributed by atoms with Gasteiger partial charge in [0.15, 0.2) is 22.9 Å². The fourth-order valence-electron chi connectivity index (χ4n) is 10.8. The second-order valence-corrected chi connectivity index (χ2v) is 20.6. The van der Waals surface area contributed by atoms with Gasteiger partial charge in [0.25, 0.3) is 0 Å². The van der Waals surface area contributed by atoms with Gasteiger partial charge in [-0.25, -0.2) is 29.3 Å². The number of nitrogens with zero attached hydrogens (tertiary/aromatic N) is 12. The average molecular weight is 1130 g/mol. The summed E-state index contributed by atoms with van der Waals surface area (Å²) in [5.74, 6) is -1.63. The molecule has 0 spiro atoms. The van der Waals surface area contributed by atoms with E-state index in [0.717, 1.165) is 98.7 Å². The lowest BCUT2D eigenvalue weighted by Gasteiger charge is -2.32. The number of carbonyl (C=O) groups is 2. The SMILES string of the molecule is O=C(Nc1ccc(-c2nc(N3CCOCC3)c3cnn(C4CCN(Cc5ccccc5)CC4)c3n2)cc1)C(F)(F)F.O=C(Nc1ccc(-c2nc(N3CCOCC3)c3cnn(C4CCN(Cc5ccccc5)CC4)c3n2)cc1)C(F)(F)F. The van der Waals surface area contributed by atoms with E-state index in [1.165, 1.54) is 35.4 Å². The number of ether oxygens (including phenoxy) is 2. The van der Waals surface area contributed by atoms with Gasteiger partial charge in [-0.1, -0.05) is 60.7 Å².